The first-order valence-corrected chi connectivity index (χ1v) is 8.11. The minimum atomic E-state index is -0.263. The zero-order chi connectivity index (χ0) is 17.5. The molecule has 126 valence electrons. The van der Waals surface area contributed by atoms with Crippen molar-refractivity contribution >= 4 is 34.8 Å². The zero-order valence-corrected chi connectivity index (χ0v) is 14.2. The highest BCUT2D eigenvalue weighted by atomic mass is 35.5. The van der Waals surface area contributed by atoms with Crippen LogP contribution < -0.4 is 16.4 Å². The van der Waals surface area contributed by atoms with Crippen LogP contribution in [0.25, 0.3) is 0 Å². The van der Waals surface area contributed by atoms with E-state index in [0.29, 0.717) is 28.5 Å². The van der Waals surface area contributed by atoms with Crippen molar-refractivity contribution in [1.29, 1.82) is 0 Å². The summed E-state index contributed by atoms with van der Waals surface area (Å²) >= 11 is 5.91. The maximum Gasteiger partial charge on any atom is 0.255 e. The van der Waals surface area contributed by atoms with Gasteiger partial charge in [0.2, 0.25) is 5.91 Å². The fourth-order valence-corrected chi connectivity index (χ4v) is 2.45. The highest BCUT2D eigenvalue weighted by Gasteiger charge is 2.10. The summed E-state index contributed by atoms with van der Waals surface area (Å²) in [6, 6.07) is 12.1. The molecule has 2 amide bonds. The molecule has 2 rings (SSSR count). The average molecular weight is 346 g/mol. The number of carbonyl (C=O) groups is 2. The van der Waals surface area contributed by atoms with E-state index in [1.807, 2.05) is 13.0 Å². The Morgan fingerprint density at radius 2 is 1.92 bits per heavy atom. The molecule has 0 saturated heterocycles. The van der Waals surface area contributed by atoms with E-state index in [4.69, 9.17) is 17.3 Å². The molecular weight excluding hydrogens is 326 g/mol. The predicted octanol–water partition coefficient (Wildman–Crippen LogP) is 3.44. The number of rotatable bonds is 6. The highest BCUT2D eigenvalue weighted by molar-refractivity contribution is 6.31. The Morgan fingerprint density at radius 1 is 1.12 bits per heavy atom. The van der Waals surface area contributed by atoms with Crippen LogP contribution in [0.15, 0.2) is 42.5 Å². The van der Waals surface area contributed by atoms with Gasteiger partial charge < -0.3 is 16.4 Å². The van der Waals surface area contributed by atoms with Gasteiger partial charge in [-0.15, -0.1) is 0 Å². The lowest BCUT2D eigenvalue weighted by molar-refractivity contribution is -0.116. The second kappa shape index (κ2) is 8.47. The number of nitrogens with two attached hydrogens (primary N) is 1. The van der Waals surface area contributed by atoms with Gasteiger partial charge in [0.25, 0.3) is 5.91 Å². The molecule has 6 heteroatoms. The molecule has 0 fully saturated rings. The van der Waals surface area contributed by atoms with Gasteiger partial charge in [0.05, 0.1) is 0 Å². The number of carbonyl (C=O) groups excluding carboxylic acids is 2. The Morgan fingerprint density at radius 3 is 2.58 bits per heavy atom. The Labute approximate surface area is 146 Å². The van der Waals surface area contributed by atoms with Gasteiger partial charge in [0, 0.05) is 34.9 Å². The Hall–Kier alpha value is -2.37. The van der Waals surface area contributed by atoms with Crippen LogP contribution in [0.3, 0.4) is 0 Å². The van der Waals surface area contributed by atoms with Crippen LogP contribution >= 0.6 is 11.6 Å². The van der Waals surface area contributed by atoms with Crippen LogP contribution in [0.1, 0.15) is 29.3 Å². The monoisotopic (exact) mass is 345 g/mol. The van der Waals surface area contributed by atoms with E-state index in [9.17, 15) is 9.59 Å². The second-order valence-electron chi connectivity index (χ2n) is 5.28. The quantitative estimate of drug-likeness (QED) is 0.749. The zero-order valence-electron chi connectivity index (χ0n) is 13.4. The first-order chi connectivity index (χ1) is 11.5. The molecule has 5 nitrogen and oxygen atoms in total. The summed E-state index contributed by atoms with van der Waals surface area (Å²) in [4.78, 5) is 24.1. The van der Waals surface area contributed by atoms with Crippen LogP contribution in [0.5, 0.6) is 0 Å². The number of hydrogen-bond acceptors (Lipinski definition) is 3. The first-order valence-electron chi connectivity index (χ1n) is 7.73. The molecule has 24 heavy (non-hydrogen) atoms. The molecule has 2 aromatic carbocycles. The van der Waals surface area contributed by atoms with Gasteiger partial charge >= 0.3 is 0 Å². The van der Waals surface area contributed by atoms with Crippen LogP contribution in [-0.4, -0.2) is 18.4 Å². The number of hydrogen-bond donors (Lipinski definition) is 3. The van der Waals surface area contributed by atoms with E-state index in [2.05, 4.69) is 10.6 Å². The summed E-state index contributed by atoms with van der Waals surface area (Å²) in [6.45, 7) is 2.29. The van der Waals surface area contributed by atoms with Crippen molar-refractivity contribution < 1.29 is 9.59 Å². The minimum absolute atomic E-state index is 0.148. The van der Waals surface area contributed by atoms with E-state index in [-0.39, 0.29) is 18.2 Å². The number of aryl methyl sites for hydroxylation is 1. The number of benzene rings is 2. The number of halogens is 1. The minimum Gasteiger partial charge on any atom is -0.330 e. The molecule has 0 bridgehead atoms. The average Bonchev–Trinajstić information content (AvgIpc) is 2.55. The van der Waals surface area contributed by atoms with Gasteiger partial charge in [-0.1, -0.05) is 30.7 Å². The lowest BCUT2D eigenvalue weighted by Crippen LogP contribution is -2.17. The molecule has 0 heterocycles. The van der Waals surface area contributed by atoms with Crippen molar-refractivity contribution in [3.05, 3.63) is 58.6 Å². The van der Waals surface area contributed by atoms with Crippen LogP contribution in [0.4, 0.5) is 11.4 Å². The van der Waals surface area contributed by atoms with Gasteiger partial charge in [-0.25, -0.2) is 0 Å². The topological polar surface area (TPSA) is 84.2 Å². The van der Waals surface area contributed by atoms with E-state index in [0.717, 1.165) is 12.0 Å². The van der Waals surface area contributed by atoms with E-state index in [1.54, 1.807) is 36.4 Å². The van der Waals surface area contributed by atoms with Crippen LogP contribution in [0.2, 0.25) is 5.02 Å². The van der Waals surface area contributed by atoms with E-state index >= 15 is 0 Å². The molecule has 4 N–H and O–H groups in total. The van der Waals surface area contributed by atoms with Crippen LogP contribution in [0, 0.1) is 0 Å². The summed E-state index contributed by atoms with van der Waals surface area (Å²) in [7, 11) is 0. The first kappa shape index (κ1) is 18.0. The number of amides is 2. The van der Waals surface area contributed by atoms with Gasteiger partial charge in [0.1, 0.15) is 0 Å². The molecule has 0 unspecified atom stereocenters. The maximum atomic E-state index is 12.3. The summed E-state index contributed by atoms with van der Waals surface area (Å²) < 4.78 is 0. The normalized spacial score (nSPS) is 10.3. The summed E-state index contributed by atoms with van der Waals surface area (Å²) in [5.74, 6) is -0.411. The van der Waals surface area contributed by atoms with E-state index in [1.165, 1.54) is 0 Å². The van der Waals surface area contributed by atoms with Crippen molar-refractivity contribution in [3.8, 4) is 0 Å². The van der Waals surface area contributed by atoms with Gasteiger partial charge in [-0.2, -0.15) is 0 Å². The molecule has 0 aliphatic carbocycles. The second-order valence-corrected chi connectivity index (χ2v) is 5.71. The van der Waals surface area contributed by atoms with Gasteiger partial charge in [-0.3, -0.25) is 9.59 Å². The Bertz CT molecular complexity index is 747. The third-order valence-electron chi connectivity index (χ3n) is 3.48. The highest BCUT2D eigenvalue weighted by Crippen LogP contribution is 2.23. The van der Waals surface area contributed by atoms with Gasteiger partial charge in [0.15, 0.2) is 0 Å². The van der Waals surface area contributed by atoms with E-state index < -0.39 is 0 Å². The molecule has 0 spiro atoms. The number of anilines is 2. The maximum absolute atomic E-state index is 12.3. The molecule has 0 saturated carbocycles. The molecule has 0 atom stereocenters. The third kappa shape index (κ3) is 4.81. The van der Waals surface area contributed by atoms with Crippen molar-refractivity contribution in [3.63, 3.8) is 0 Å². The fourth-order valence-electron chi connectivity index (χ4n) is 2.26. The third-order valence-corrected chi connectivity index (χ3v) is 3.72. The lowest BCUT2D eigenvalue weighted by atomic mass is 10.1. The summed E-state index contributed by atoms with van der Waals surface area (Å²) in [6.07, 6.45) is 1.02. The molecule has 0 aliphatic rings. The van der Waals surface area contributed by atoms with Crippen molar-refractivity contribution in [2.75, 3.05) is 17.2 Å². The standard InChI is InChI=1S/C18H20ClN3O2/c1-2-12-6-7-15(11-16(12)22-17(23)8-9-20)21-18(24)13-4-3-5-14(19)10-13/h3-7,10-11H,2,8-9,20H2,1H3,(H,21,24)(H,22,23). The molecular formula is C18H20ClN3O2. The van der Waals surface area contributed by atoms with Crippen molar-refractivity contribution in [2.24, 2.45) is 5.73 Å². The smallest absolute Gasteiger partial charge is 0.255 e. The molecule has 0 radical (unpaired) electrons. The molecule has 0 aliphatic heterocycles. The predicted molar refractivity (Wildman–Crippen MR) is 97.5 cm³/mol. The van der Waals surface area contributed by atoms with Gasteiger partial charge in [-0.05, 0) is 42.3 Å². The van der Waals surface area contributed by atoms with Crippen LogP contribution in [-0.2, 0) is 11.2 Å². The summed E-state index contributed by atoms with van der Waals surface area (Å²) in [5, 5.41) is 6.14. The number of nitrogens with one attached hydrogen (secondary N) is 2. The van der Waals surface area contributed by atoms with Crippen molar-refractivity contribution in [1.82, 2.24) is 0 Å². The molecule has 2 aromatic rings. The molecule has 0 aromatic heterocycles. The Balaban J connectivity index is 2.18. The SMILES string of the molecule is CCc1ccc(NC(=O)c2cccc(Cl)c2)cc1NC(=O)CCN. The van der Waals surface area contributed by atoms with Crippen molar-refractivity contribution in [2.45, 2.75) is 19.8 Å². The fraction of sp³-hybridized carbons (Fsp3) is 0.222. The summed E-state index contributed by atoms with van der Waals surface area (Å²) in [5.41, 5.74) is 8.13. The largest absolute Gasteiger partial charge is 0.330 e. The lowest BCUT2D eigenvalue weighted by Gasteiger charge is -2.13. The Kier molecular flexibility index (Phi) is 6.35.